The Morgan fingerprint density at radius 2 is 1.06 bits per heavy atom. The highest BCUT2D eigenvalue weighted by atomic mass is 32.1. The van der Waals surface area contributed by atoms with E-state index in [9.17, 15) is 78.6 Å². The molecule has 5 atom stereocenters. The molecule has 82 heavy (non-hydrogen) atoms. The van der Waals surface area contributed by atoms with E-state index in [2.05, 4.69) is 42.5 Å². The highest BCUT2D eigenvalue weighted by molar-refractivity contribution is 7.80. The number of benzene rings is 2. The summed E-state index contributed by atoms with van der Waals surface area (Å²) in [7, 11) is 0. The molecular formula is C51H74N14O16S. The molecule has 2 aliphatic heterocycles. The third-order valence-electron chi connectivity index (χ3n) is 13.2. The van der Waals surface area contributed by atoms with Crippen LogP contribution in [-0.4, -0.2) is 243 Å². The average molecular weight is 1170 g/mol. The lowest BCUT2D eigenvalue weighted by Gasteiger charge is -2.37. The minimum absolute atomic E-state index is 0.00853. The molecule has 31 heteroatoms. The minimum Gasteiger partial charge on any atom is -0.508 e. The van der Waals surface area contributed by atoms with Crippen LogP contribution in [0.4, 0.5) is 5.69 Å². The van der Waals surface area contributed by atoms with Gasteiger partial charge in [0.2, 0.25) is 29.5 Å². The first kappa shape index (κ1) is 66.3. The van der Waals surface area contributed by atoms with E-state index in [1.807, 2.05) is 0 Å². The molecule has 0 aliphatic carbocycles. The van der Waals surface area contributed by atoms with Crippen molar-refractivity contribution in [2.45, 2.75) is 81.6 Å². The van der Waals surface area contributed by atoms with Crippen molar-refractivity contribution in [3.05, 3.63) is 59.7 Å². The van der Waals surface area contributed by atoms with Gasteiger partial charge in [0.15, 0.2) is 11.1 Å². The van der Waals surface area contributed by atoms with E-state index in [0.29, 0.717) is 17.7 Å². The topological polar surface area (TPSA) is 451 Å². The van der Waals surface area contributed by atoms with Crippen molar-refractivity contribution >= 4 is 88.4 Å². The van der Waals surface area contributed by atoms with Gasteiger partial charge in [0.25, 0.3) is 0 Å². The minimum atomic E-state index is -1.69. The van der Waals surface area contributed by atoms with E-state index in [4.69, 9.17) is 23.4 Å². The van der Waals surface area contributed by atoms with Crippen molar-refractivity contribution in [3.8, 4) is 5.75 Å². The van der Waals surface area contributed by atoms with Crippen LogP contribution in [0.2, 0.25) is 0 Å². The van der Waals surface area contributed by atoms with Gasteiger partial charge >= 0.3 is 29.8 Å². The highest BCUT2D eigenvalue weighted by Crippen LogP contribution is 2.17. The summed E-state index contributed by atoms with van der Waals surface area (Å²) in [6.45, 7) is -0.907. The molecule has 30 nitrogen and oxygen atoms in total. The molecule has 2 aromatic carbocycles. The number of nitrogens with one attached hydrogen (secondary N) is 9. The Bertz CT molecular complexity index is 2560. The molecule has 2 aromatic rings. The summed E-state index contributed by atoms with van der Waals surface area (Å²) >= 11 is 5.57. The second kappa shape index (κ2) is 34.1. The second-order valence-electron chi connectivity index (χ2n) is 19.7. The summed E-state index contributed by atoms with van der Waals surface area (Å²) in [6.07, 6.45) is -0.00877. The third kappa shape index (κ3) is 25.5. The molecule has 2 saturated heterocycles. The Hall–Kier alpha value is -8.26. The fourth-order valence-corrected chi connectivity index (χ4v) is 9.30. The van der Waals surface area contributed by atoms with Gasteiger partial charge in [-0.15, -0.1) is 0 Å². The molecular weight excluding hydrogens is 1100 g/mol. The molecule has 0 saturated carbocycles. The molecule has 2 fully saturated rings. The molecule has 0 radical (unpaired) electrons. The maximum atomic E-state index is 14.2. The lowest BCUT2D eigenvalue weighted by atomic mass is 10.0. The molecule has 1 unspecified atom stereocenters. The number of thiocarbonyl (C=S) groups is 1. The normalized spacial score (nSPS) is 20.7. The molecule has 0 aromatic heterocycles. The molecule has 2 aliphatic rings. The zero-order chi connectivity index (χ0) is 60.3. The van der Waals surface area contributed by atoms with Crippen LogP contribution >= 0.6 is 12.2 Å². The molecule has 2 heterocycles. The van der Waals surface area contributed by atoms with Crippen molar-refractivity contribution in [2.75, 3.05) is 96.9 Å². The zero-order valence-corrected chi connectivity index (χ0v) is 45.9. The third-order valence-corrected chi connectivity index (χ3v) is 13.4. The van der Waals surface area contributed by atoms with E-state index in [1.54, 1.807) is 43.9 Å². The fourth-order valence-electron chi connectivity index (χ4n) is 9.08. The number of nitrogens with zero attached hydrogens (tertiary/aromatic N) is 4. The number of hydrogen-bond donors (Lipinski definition) is 16. The predicted octanol–water partition coefficient (Wildman–Crippen LogP) is -3.63. The Morgan fingerprint density at radius 1 is 0.573 bits per heavy atom. The summed E-state index contributed by atoms with van der Waals surface area (Å²) in [5.74, 6) is -10.8. The van der Waals surface area contributed by atoms with E-state index in [-0.39, 0.29) is 127 Å². The van der Waals surface area contributed by atoms with Crippen molar-refractivity contribution in [3.63, 3.8) is 0 Å². The first-order chi connectivity index (χ1) is 38.9. The first-order valence-corrected chi connectivity index (χ1v) is 26.8. The number of phenols is 1. The summed E-state index contributed by atoms with van der Waals surface area (Å²) in [5.41, 5.74) is 7.16. The molecule has 450 valence electrons. The number of guanidine groups is 1. The number of aromatic hydroxyl groups is 1. The van der Waals surface area contributed by atoms with Gasteiger partial charge in [0, 0.05) is 77.1 Å². The van der Waals surface area contributed by atoms with Gasteiger partial charge in [-0.25, -0.2) is 0 Å². The second-order valence-corrected chi connectivity index (χ2v) is 20.1. The first-order valence-electron chi connectivity index (χ1n) is 26.4. The highest BCUT2D eigenvalue weighted by Gasteiger charge is 2.34. The standard InChI is InChI=1S/C51H74N14O16S/c52-50(53)54-15-3-5-36-46(78)56-25-40(67)58-39(24-41(68)69)49(81)61-38(23-32-8-12-35(66)13-9-32)48(80)60-37(47(79)59-36)4-1-2-14-55-51(82)57-33-10-6-31(7-11-33)22-34-26-64(29-44(74)75)19-18-62(27-42(70)71)16-17-63(28-43(72)73)20-21-65(34)30-45(76)77/h6-13,34,36-39,66H,1-5,14-30H2,(H,56,78)(H,58,67)(H,59,79)(H,60,80)(H,61,81)(H,68,69)(H,70,71)(H,72,73)(H,74,75)(H,76,77)(H4,52,53,54)(H2,55,57,82)/t34?,36-,37-,38+,39-/m0/s1. The number of carboxylic acid groups (broad SMARTS) is 5. The van der Waals surface area contributed by atoms with Gasteiger partial charge in [0.1, 0.15) is 29.9 Å². The van der Waals surface area contributed by atoms with Crippen molar-refractivity contribution in [2.24, 2.45) is 5.73 Å². The predicted molar refractivity (Wildman–Crippen MR) is 297 cm³/mol. The van der Waals surface area contributed by atoms with Crippen molar-refractivity contribution in [1.82, 2.24) is 56.8 Å². The number of rotatable bonds is 24. The molecule has 0 spiro atoms. The lowest BCUT2D eigenvalue weighted by Crippen LogP contribution is -2.58. The van der Waals surface area contributed by atoms with Crippen molar-refractivity contribution in [1.29, 1.82) is 5.41 Å². The quantitative estimate of drug-likeness (QED) is 0.0209. The Morgan fingerprint density at radius 3 is 1.65 bits per heavy atom. The maximum absolute atomic E-state index is 14.2. The van der Waals surface area contributed by atoms with E-state index >= 15 is 0 Å². The number of amides is 5. The van der Waals surface area contributed by atoms with E-state index in [1.165, 1.54) is 24.3 Å². The van der Waals surface area contributed by atoms with Gasteiger partial charge in [0.05, 0.1) is 39.1 Å². The van der Waals surface area contributed by atoms with Crippen molar-refractivity contribution < 1.29 is 78.6 Å². The number of carbonyl (C=O) groups excluding carboxylic acids is 5. The number of aliphatic carboxylic acids is 5. The van der Waals surface area contributed by atoms with Gasteiger partial charge in [-0.2, -0.15) is 0 Å². The maximum Gasteiger partial charge on any atom is 0.317 e. The number of carboxylic acids is 5. The van der Waals surface area contributed by atoms with E-state index in [0.717, 1.165) is 5.56 Å². The molecule has 5 amide bonds. The SMILES string of the molecule is N=C(N)NCCC[C@@H]1NC(=O)[C@H](CCCCNC(=S)Nc2ccc(CC3CN(CC(=O)O)CCN(CC(=O)O)CCN(CC(=O)O)CCN3CC(=O)O)cc2)NC(=O)[C@@H](Cc2ccc(O)cc2)NC(=O)[C@H](CC(=O)O)NC(=O)CNC1=O. The van der Waals surface area contributed by atoms with Crippen LogP contribution in [0.5, 0.6) is 5.75 Å². The summed E-state index contributed by atoms with van der Waals surface area (Å²) < 4.78 is 0. The van der Waals surface area contributed by atoms with Gasteiger partial charge in [-0.3, -0.25) is 73.0 Å². The molecule has 0 bridgehead atoms. The number of unbranched alkanes of at least 4 members (excludes halogenated alkanes) is 1. The largest absolute Gasteiger partial charge is 0.508 e. The van der Waals surface area contributed by atoms with Gasteiger partial charge in [-0.05, 0) is 86.1 Å². The Balaban J connectivity index is 1.48. The number of nitrogens with two attached hydrogens (primary N) is 1. The molecule has 4 rings (SSSR count). The summed E-state index contributed by atoms with van der Waals surface area (Å²) in [5, 5.41) is 87.3. The Kier molecular flexibility index (Phi) is 27.6. The number of carbonyl (C=O) groups is 10. The van der Waals surface area contributed by atoms with Gasteiger partial charge < -0.3 is 78.9 Å². The molecule has 17 N–H and O–H groups in total. The number of hydrogen-bond acceptors (Lipinski definition) is 17. The number of anilines is 1. The summed E-state index contributed by atoms with van der Waals surface area (Å²) in [4.78, 5) is 134. The van der Waals surface area contributed by atoms with Gasteiger partial charge in [-0.1, -0.05) is 24.3 Å². The number of phenolic OH excluding ortho intramolecular Hbond substituents is 1. The monoisotopic (exact) mass is 1170 g/mol. The fraction of sp³-hybridized carbons (Fsp3) is 0.529. The van der Waals surface area contributed by atoms with E-state index < -0.39 is 116 Å². The average Bonchev–Trinajstić information content (AvgIpc) is 3.56. The van der Waals surface area contributed by atoms with Crippen LogP contribution in [0.25, 0.3) is 0 Å². The smallest absolute Gasteiger partial charge is 0.317 e. The van der Waals surface area contributed by atoms with Crippen LogP contribution in [0, 0.1) is 5.41 Å². The Labute approximate surface area is 477 Å². The van der Waals surface area contributed by atoms with Crippen LogP contribution in [0.15, 0.2) is 48.5 Å². The summed E-state index contributed by atoms with van der Waals surface area (Å²) in [6, 6.07) is 6.40. The van der Waals surface area contributed by atoms with Crippen LogP contribution in [-0.2, 0) is 60.8 Å². The van der Waals surface area contributed by atoms with Crippen LogP contribution in [0.3, 0.4) is 0 Å². The van der Waals surface area contributed by atoms with Crippen LogP contribution < -0.4 is 48.3 Å². The lowest BCUT2D eigenvalue weighted by molar-refractivity contribution is -0.142. The zero-order valence-electron chi connectivity index (χ0n) is 45.1. The van der Waals surface area contributed by atoms with Crippen LogP contribution in [0.1, 0.15) is 49.7 Å².